The Kier molecular flexibility index (Phi) is 11.0. The van der Waals surface area contributed by atoms with Crippen LogP contribution in [0.4, 0.5) is 0 Å². The largest absolute Gasteiger partial charge is 0.494 e. The van der Waals surface area contributed by atoms with Gasteiger partial charge in [0, 0.05) is 44.3 Å². The van der Waals surface area contributed by atoms with E-state index in [9.17, 15) is 0 Å². The highest BCUT2D eigenvalue weighted by Gasteiger charge is 2.22. The molecule has 27 heavy (non-hydrogen) atoms. The van der Waals surface area contributed by atoms with Gasteiger partial charge in [-0.2, -0.15) is 0 Å². The summed E-state index contributed by atoms with van der Waals surface area (Å²) in [5, 5.41) is 6.85. The zero-order valence-corrected chi connectivity index (χ0v) is 19.7. The molecule has 0 spiro atoms. The highest BCUT2D eigenvalue weighted by atomic mass is 127. The first-order chi connectivity index (χ1) is 12.5. The Labute approximate surface area is 181 Å². The van der Waals surface area contributed by atoms with Gasteiger partial charge in [-0.1, -0.05) is 12.1 Å². The molecule has 1 fully saturated rings. The lowest BCUT2D eigenvalue weighted by atomic mass is 10.1. The molecule has 2 rings (SSSR count). The van der Waals surface area contributed by atoms with Crippen molar-refractivity contribution in [1.82, 2.24) is 20.4 Å². The average Bonchev–Trinajstić information content (AvgIpc) is 2.61. The van der Waals surface area contributed by atoms with Gasteiger partial charge in [0.1, 0.15) is 5.75 Å². The monoisotopic (exact) mass is 489 g/mol. The molecule has 1 aliphatic rings. The fraction of sp³-hybridized carbons (Fsp3) is 0.650. The van der Waals surface area contributed by atoms with Gasteiger partial charge in [-0.3, -0.25) is 4.90 Å². The van der Waals surface area contributed by atoms with Crippen LogP contribution < -0.4 is 15.4 Å². The summed E-state index contributed by atoms with van der Waals surface area (Å²) >= 11 is 0. The van der Waals surface area contributed by atoms with Gasteiger partial charge in [-0.25, -0.2) is 4.99 Å². The second-order valence-electron chi connectivity index (χ2n) is 7.02. The number of piperazine rings is 1. The molecule has 0 saturated carbocycles. The molecule has 0 amide bonds. The van der Waals surface area contributed by atoms with Crippen LogP contribution in [0.3, 0.4) is 0 Å². The summed E-state index contributed by atoms with van der Waals surface area (Å²) in [5.41, 5.74) is 2.32. The van der Waals surface area contributed by atoms with E-state index in [-0.39, 0.29) is 24.0 Å². The second kappa shape index (κ2) is 12.4. The maximum atomic E-state index is 5.77. The third-order valence-electron chi connectivity index (χ3n) is 4.76. The van der Waals surface area contributed by atoms with Crippen molar-refractivity contribution in [2.45, 2.75) is 33.4 Å². The molecule has 154 valence electrons. The minimum Gasteiger partial charge on any atom is -0.494 e. The average molecular weight is 489 g/mol. The molecule has 1 heterocycles. The number of halogens is 1. The first-order valence-corrected chi connectivity index (χ1v) is 9.66. The number of nitrogens with one attached hydrogen (secondary N) is 2. The summed E-state index contributed by atoms with van der Waals surface area (Å²) in [6.07, 6.45) is 0. The number of benzene rings is 1. The van der Waals surface area contributed by atoms with Crippen molar-refractivity contribution < 1.29 is 4.74 Å². The van der Waals surface area contributed by atoms with Crippen LogP contribution in [0.2, 0.25) is 0 Å². The first-order valence-electron chi connectivity index (χ1n) is 9.66. The molecule has 1 unspecified atom stereocenters. The Morgan fingerprint density at radius 3 is 2.70 bits per heavy atom. The van der Waals surface area contributed by atoms with E-state index >= 15 is 0 Å². The molecular weight excluding hydrogens is 453 g/mol. The lowest BCUT2D eigenvalue weighted by molar-refractivity contribution is 0.116. The SMILES string of the molecule is CCNC(=NCc1ccc(C)cc1OCC)NCC1CN(C)CCN1C.I. The number of ether oxygens (including phenoxy) is 1. The Hall–Kier alpha value is -1.06. The lowest BCUT2D eigenvalue weighted by Crippen LogP contribution is -2.55. The molecule has 1 aromatic rings. The van der Waals surface area contributed by atoms with E-state index in [0.717, 1.165) is 50.0 Å². The van der Waals surface area contributed by atoms with Crippen LogP contribution in [0.1, 0.15) is 25.0 Å². The van der Waals surface area contributed by atoms with Gasteiger partial charge in [0.2, 0.25) is 0 Å². The number of aliphatic imine (C=N–C) groups is 1. The Bertz CT molecular complexity index is 596. The van der Waals surface area contributed by atoms with E-state index in [1.807, 2.05) is 6.92 Å². The van der Waals surface area contributed by atoms with Crippen LogP contribution in [0.15, 0.2) is 23.2 Å². The predicted octanol–water partition coefficient (Wildman–Crippen LogP) is 2.31. The highest BCUT2D eigenvalue weighted by molar-refractivity contribution is 14.0. The van der Waals surface area contributed by atoms with Crippen LogP contribution in [0.25, 0.3) is 0 Å². The summed E-state index contributed by atoms with van der Waals surface area (Å²) in [4.78, 5) is 9.57. The molecule has 1 atom stereocenters. The van der Waals surface area contributed by atoms with E-state index in [1.54, 1.807) is 0 Å². The van der Waals surface area contributed by atoms with Crippen LogP contribution in [0, 0.1) is 6.92 Å². The van der Waals surface area contributed by atoms with Gasteiger partial charge in [0.05, 0.1) is 13.2 Å². The molecule has 2 N–H and O–H groups in total. The van der Waals surface area contributed by atoms with Crippen LogP contribution >= 0.6 is 24.0 Å². The Balaban J connectivity index is 0.00000364. The second-order valence-corrected chi connectivity index (χ2v) is 7.02. The zero-order valence-electron chi connectivity index (χ0n) is 17.4. The number of likely N-dealkylation sites (N-methyl/N-ethyl adjacent to an activating group) is 2. The molecule has 1 aliphatic heterocycles. The molecule has 7 heteroatoms. The molecule has 0 bridgehead atoms. The van der Waals surface area contributed by atoms with E-state index in [4.69, 9.17) is 9.73 Å². The minimum absolute atomic E-state index is 0. The van der Waals surface area contributed by atoms with Gasteiger partial charge in [0.15, 0.2) is 5.96 Å². The summed E-state index contributed by atoms with van der Waals surface area (Å²) in [6.45, 7) is 12.5. The molecular formula is C20H36IN5O. The van der Waals surface area contributed by atoms with Gasteiger partial charge in [-0.05, 0) is 46.5 Å². The molecule has 0 aromatic heterocycles. The fourth-order valence-corrected chi connectivity index (χ4v) is 3.12. The smallest absolute Gasteiger partial charge is 0.191 e. The standard InChI is InChI=1S/C20H35N5O.HI/c1-6-21-20(23-14-18-15-24(4)10-11-25(18)5)22-13-17-9-8-16(3)12-19(17)26-7-2;/h8-9,12,18H,6-7,10-11,13-15H2,1-5H3,(H2,21,22,23);1H. The van der Waals surface area contributed by atoms with Crippen molar-refractivity contribution >= 4 is 29.9 Å². The zero-order chi connectivity index (χ0) is 18.9. The number of hydrogen-bond donors (Lipinski definition) is 2. The number of rotatable bonds is 7. The summed E-state index contributed by atoms with van der Waals surface area (Å²) < 4.78 is 5.77. The van der Waals surface area contributed by atoms with Crippen molar-refractivity contribution in [3.8, 4) is 5.75 Å². The van der Waals surface area contributed by atoms with Crippen LogP contribution in [-0.2, 0) is 6.54 Å². The Morgan fingerprint density at radius 2 is 2.00 bits per heavy atom. The van der Waals surface area contributed by atoms with Crippen LogP contribution in [-0.4, -0.2) is 75.2 Å². The molecule has 0 aliphatic carbocycles. The van der Waals surface area contributed by atoms with Gasteiger partial charge in [0.25, 0.3) is 0 Å². The van der Waals surface area contributed by atoms with Crippen molar-refractivity contribution in [1.29, 1.82) is 0 Å². The lowest BCUT2D eigenvalue weighted by Gasteiger charge is -2.37. The van der Waals surface area contributed by atoms with E-state index in [0.29, 0.717) is 19.2 Å². The van der Waals surface area contributed by atoms with Gasteiger partial charge < -0.3 is 20.3 Å². The topological polar surface area (TPSA) is 52.1 Å². The van der Waals surface area contributed by atoms with Gasteiger partial charge in [-0.15, -0.1) is 24.0 Å². The quantitative estimate of drug-likeness (QED) is 0.350. The number of aryl methyl sites for hydroxylation is 1. The maximum absolute atomic E-state index is 5.77. The molecule has 0 radical (unpaired) electrons. The van der Waals surface area contributed by atoms with Crippen LogP contribution in [0.5, 0.6) is 5.75 Å². The number of nitrogens with zero attached hydrogens (tertiary/aromatic N) is 3. The van der Waals surface area contributed by atoms with Crippen molar-refractivity contribution in [3.63, 3.8) is 0 Å². The molecule has 1 aromatic carbocycles. The number of guanidine groups is 1. The summed E-state index contributed by atoms with van der Waals surface area (Å²) in [7, 11) is 4.38. The Morgan fingerprint density at radius 1 is 1.22 bits per heavy atom. The first kappa shape index (κ1) is 24.0. The van der Waals surface area contributed by atoms with Crippen molar-refractivity contribution in [3.05, 3.63) is 29.3 Å². The molecule has 1 saturated heterocycles. The third-order valence-corrected chi connectivity index (χ3v) is 4.76. The van der Waals surface area contributed by atoms with E-state index in [1.165, 1.54) is 5.56 Å². The highest BCUT2D eigenvalue weighted by Crippen LogP contribution is 2.21. The summed E-state index contributed by atoms with van der Waals surface area (Å²) in [5.74, 6) is 1.79. The third kappa shape index (κ3) is 7.83. The predicted molar refractivity (Wildman–Crippen MR) is 124 cm³/mol. The fourth-order valence-electron chi connectivity index (χ4n) is 3.12. The number of hydrogen-bond acceptors (Lipinski definition) is 4. The normalized spacial score (nSPS) is 18.7. The summed E-state index contributed by atoms with van der Waals surface area (Å²) in [6, 6.07) is 6.80. The molecule has 6 nitrogen and oxygen atoms in total. The van der Waals surface area contributed by atoms with Crippen molar-refractivity contribution in [2.24, 2.45) is 4.99 Å². The van der Waals surface area contributed by atoms with Crippen molar-refractivity contribution in [2.75, 3.05) is 53.4 Å². The van der Waals surface area contributed by atoms with E-state index in [2.05, 4.69) is 66.6 Å². The minimum atomic E-state index is 0. The van der Waals surface area contributed by atoms with Gasteiger partial charge >= 0.3 is 0 Å². The van der Waals surface area contributed by atoms with E-state index < -0.39 is 0 Å². The maximum Gasteiger partial charge on any atom is 0.191 e.